The van der Waals surface area contributed by atoms with Crippen LogP contribution >= 0.6 is 0 Å². The lowest BCUT2D eigenvalue weighted by atomic mass is 10.1. The number of carbonyl (C=O) groups is 2. The molecule has 0 N–H and O–H groups in total. The summed E-state index contributed by atoms with van der Waals surface area (Å²) >= 11 is 0. The molecule has 4 heteroatoms. The van der Waals surface area contributed by atoms with Gasteiger partial charge in [0.2, 0.25) is 0 Å². The van der Waals surface area contributed by atoms with Crippen LogP contribution in [0.15, 0.2) is 18.2 Å². The van der Waals surface area contributed by atoms with Crippen LogP contribution in [0.1, 0.15) is 29.3 Å². The van der Waals surface area contributed by atoms with Crippen molar-refractivity contribution in [2.45, 2.75) is 19.8 Å². The lowest BCUT2D eigenvalue weighted by Gasteiger charge is -2.04. The van der Waals surface area contributed by atoms with Gasteiger partial charge in [-0.05, 0) is 25.0 Å². The van der Waals surface area contributed by atoms with Gasteiger partial charge in [0.1, 0.15) is 5.82 Å². The first-order valence-electron chi connectivity index (χ1n) is 5.07. The number of rotatable bonds is 5. The van der Waals surface area contributed by atoms with Gasteiger partial charge in [-0.15, -0.1) is 0 Å². The van der Waals surface area contributed by atoms with Crippen LogP contribution in [0, 0.1) is 5.82 Å². The predicted molar refractivity (Wildman–Crippen MR) is 56.7 cm³/mol. The number of esters is 1. The molecule has 0 radical (unpaired) electrons. The van der Waals surface area contributed by atoms with E-state index < -0.39 is 5.82 Å². The van der Waals surface area contributed by atoms with Crippen molar-refractivity contribution in [1.29, 1.82) is 0 Å². The molecule has 0 saturated carbocycles. The molecule has 1 rings (SSSR count). The minimum Gasteiger partial charge on any atom is -0.466 e. The standard InChI is InChI=1S/C12H13FO3/c1-2-16-11(15)7-6-9-4-3-5-10(8-14)12(9)13/h3-5,8H,2,6-7H2,1H3. The van der Waals surface area contributed by atoms with Crippen molar-refractivity contribution in [3.8, 4) is 0 Å². The SMILES string of the molecule is CCOC(=O)CCc1cccc(C=O)c1F. The summed E-state index contributed by atoms with van der Waals surface area (Å²) in [6, 6.07) is 4.55. The minimum absolute atomic E-state index is 0.0151. The third-order valence-electron chi connectivity index (χ3n) is 2.14. The van der Waals surface area contributed by atoms with Crippen LogP contribution in [0.25, 0.3) is 0 Å². The van der Waals surface area contributed by atoms with Crippen molar-refractivity contribution in [2.24, 2.45) is 0 Å². The summed E-state index contributed by atoms with van der Waals surface area (Å²) < 4.78 is 18.3. The maximum atomic E-state index is 13.5. The molecule has 0 fully saturated rings. The third kappa shape index (κ3) is 3.15. The lowest BCUT2D eigenvalue weighted by Crippen LogP contribution is -2.06. The number of hydrogen-bond donors (Lipinski definition) is 0. The van der Waals surface area contributed by atoms with Crippen molar-refractivity contribution >= 4 is 12.3 Å². The molecule has 1 aromatic rings. The van der Waals surface area contributed by atoms with Crippen LogP contribution in [0.2, 0.25) is 0 Å². The van der Waals surface area contributed by atoms with Crippen molar-refractivity contribution in [3.05, 3.63) is 35.1 Å². The monoisotopic (exact) mass is 224 g/mol. The predicted octanol–water partition coefficient (Wildman–Crippen LogP) is 2.13. The zero-order chi connectivity index (χ0) is 12.0. The van der Waals surface area contributed by atoms with E-state index in [-0.39, 0.29) is 24.4 Å². The maximum Gasteiger partial charge on any atom is 0.306 e. The van der Waals surface area contributed by atoms with Crippen molar-refractivity contribution in [1.82, 2.24) is 0 Å². The van der Waals surface area contributed by atoms with Gasteiger partial charge in [-0.2, -0.15) is 0 Å². The van der Waals surface area contributed by atoms with Crippen LogP contribution in [-0.4, -0.2) is 18.9 Å². The van der Waals surface area contributed by atoms with Gasteiger partial charge in [0, 0.05) is 6.42 Å². The van der Waals surface area contributed by atoms with Crippen molar-refractivity contribution in [2.75, 3.05) is 6.61 Å². The molecule has 0 atom stereocenters. The van der Waals surface area contributed by atoms with Gasteiger partial charge in [0.05, 0.1) is 12.2 Å². The number of carbonyl (C=O) groups excluding carboxylic acids is 2. The van der Waals surface area contributed by atoms with Gasteiger partial charge in [-0.1, -0.05) is 12.1 Å². The van der Waals surface area contributed by atoms with E-state index >= 15 is 0 Å². The molecule has 0 aliphatic carbocycles. The largest absolute Gasteiger partial charge is 0.466 e. The minimum atomic E-state index is -0.554. The van der Waals surface area contributed by atoms with Crippen LogP contribution in [-0.2, 0) is 16.0 Å². The highest BCUT2D eigenvalue weighted by Crippen LogP contribution is 2.13. The molecule has 16 heavy (non-hydrogen) atoms. The number of aldehydes is 1. The maximum absolute atomic E-state index is 13.5. The fraction of sp³-hybridized carbons (Fsp3) is 0.333. The molecule has 0 amide bonds. The molecule has 0 bridgehead atoms. The Bertz CT molecular complexity index is 388. The molecular weight excluding hydrogens is 211 g/mol. The normalized spacial score (nSPS) is 9.88. The summed E-state index contributed by atoms with van der Waals surface area (Å²) in [6.45, 7) is 2.03. The van der Waals surface area contributed by atoms with Gasteiger partial charge < -0.3 is 4.74 Å². The van der Waals surface area contributed by atoms with E-state index in [0.717, 1.165) is 0 Å². The second kappa shape index (κ2) is 6.00. The summed E-state index contributed by atoms with van der Waals surface area (Å²) in [5.41, 5.74) is 0.374. The summed E-state index contributed by atoms with van der Waals surface area (Å²) in [6.07, 6.45) is 0.822. The smallest absolute Gasteiger partial charge is 0.306 e. The molecule has 86 valence electrons. The first-order chi connectivity index (χ1) is 7.69. The fourth-order valence-corrected chi connectivity index (χ4v) is 1.35. The molecule has 0 spiro atoms. The Morgan fingerprint density at radius 3 is 2.88 bits per heavy atom. The average Bonchev–Trinajstić information content (AvgIpc) is 2.28. The van der Waals surface area contributed by atoms with Gasteiger partial charge in [0.15, 0.2) is 6.29 Å². The highest BCUT2D eigenvalue weighted by atomic mass is 19.1. The number of hydrogen-bond acceptors (Lipinski definition) is 3. The number of aryl methyl sites for hydroxylation is 1. The van der Waals surface area contributed by atoms with Crippen molar-refractivity contribution in [3.63, 3.8) is 0 Å². The van der Waals surface area contributed by atoms with Crippen LogP contribution < -0.4 is 0 Å². The van der Waals surface area contributed by atoms with Crippen LogP contribution in [0.4, 0.5) is 4.39 Å². The van der Waals surface area contributed by atoms with E-state index in [2.05, 4.69) is 0 Å². The second-order valence-electron chi connectivity index (χ2n) is 3.24. The van der Waals surface area contributed by atoms with E-state index in [9.17, 15) is 14.0 Å². The van der Waals surface area contributed by atoms with Crippen LogP contribution in [0.3, 0.4) is 0 Å². The molecule has 0 heterocycles. The highest BCUT2D eigenvalue weighted by Gasteiger charge is 2.09. The van der Waals surface area contributed by atoms with Crippen molar-refractivity contribution < 1.29 is 18.7 Å². The summed E-state index contributed by atoms with van der Waals surface area (Å²) in [5.74, 6) is -0.916. The Labute approximate surface area is 93.2 Å². The van der Waals surface area contributed by atoms with E-state index in [1.807, 2.05) is 0 Å². The van der Waals surface area contributed by atoms with E-state index in [1.165, 1.54) is 6.07 Å². The highest BCUT2D eigenvalue weighted by molar-refractivity contribution is 5.75. The fourth-order valence-electron chi connectivity index (χ4n) is 1.35. The van der Waals surface area contributed by atoms with Gasteiger partial charge in [-0.25, -0.2) is 4.39 Å². The van der Waals surface area contributed by atoms with Gasteiger partial charge in [0.25, 0.3) is 0 Å². The van der Waals surface area contributed by atoms with Gasteiger partial charge in [-0.3, -0.25) is 9.59 Å². The lowest BCUT2D eigenvalue weighted by molar-refractivity contribution is -0.143. The Hall–Kier alpha value is -1.71. The third-order valence-corrected chi connectivity index (χ3v) is 2.14. The zero-order valence-electron chi connectivity index (χ0n) is 9.03. The molecular formula is C12H13FO3. The molecule has 0 aliphatic rings. The molecule has 0 unspecified atom stereocenters. The Morgan fingerprint density at radius 1 is 1.50 bits per heavy atom. The molecule has 0 aromatic heterocycles. The quantitative estimate of drug-likeness (QED) is 0.568. The zero-order valence-corrected chi connectivity index (χ0v) is 9.03. The summed E-state index contributed by atoms with van der Waals surface area (Å²) in [7, 11) is 0. The Kier molecular flexibility index (Phi) is 4.64. The number of halogens is 1. The van der Waals surface area contributed by atoms with E-state index in [1.54, 1.807) is 19.1 Å². The topological polar surface area (TPSA) is 43.4 Å². The molecule has 0 aliphatic heterocycles. The number of benzene rings is 1. The Balaban J connectivity index is 2.67. The van der Waals surface area contributed by atoms with Crippen LogP contribution in [0.5, 0.6) is 0 Å². The first kappa shape index (κ1) is 12.4. The second-order valence-corrected chi connectivity index (χ2v) is 3.24. The van der Waals surface area contributed by atoms with Gasteiger partial charge >= 0.3 is 5.97 Å². The molecule has 1 aromatic carbocycles. The van der Waals surface area contributed by atoms with E-state index in [4.69, 9.17) is 4.74 Å². The molecule has 3 nitrogen and oxygen atoms in total. The average molecular weight is 224 g/mol. The van der Waals surface area contributed by atoms with E-state index in [0.29, 0.717) is 18.5 Å². The number of ether oxygens (including phenoxy) is 1. The molecule has 0 saturated heterocycles. The Morgan fingerprint density at radius 2 is 2.25 bits per heavy atom. The summed E-state index contributed by atoms with van der Waals surface area (Å²) in [4.78, 5) is 21.6. The summed E-state index contributed by atoms with van der Waals surface area (Å²) in [5, 5.41) is 0. The first-order valence-corrected chi connectivity index (χ1v) is 5.07.